The van der Waals surface area contributed by atoms with E-state index in [1.807, 2.05) is 19.1 Å². The average molecular weight is 398 g/mol. The lowest BCUT2D eigenvalue weighted by molar-refractivity contribution is -0.122. The number of hydrogen-bond donors (Lipinski definition) is 1. The van der Waals surface area contributed by atoms with Crippen LogP contribution in [0.5, 0.6) is 11.5 Å². The van der Waals surface area contributed by atoms with Crippen LogP contribution in [0.25, 0.3) is 0 Å². The van der Waals surface area contributed by atoms with Crippen molar-refractivity contribution in [3.05, 3.63) is 54.1 Å². The van der Waals surface area contributed by atoms with Crippen molar-refractivity contribution < 1.29 is 23.8 Å². The number of rotatable bonds is 7. The molecule has 1 aliphatic rings. The molecule has 1 saturated heterocycles. The van der Waals surface area contributed by atoms with Gasteiger partial charge in [0.15, 0.2) is 17.6 Å². The van der Waals surface area contributed by atoms with Gasteiger partial charge in [-0.3, -0.25) is 9.59 Å². The molecule has 7 nitrogen and oxygen atoms in total. The van der Waals surface area contributed by atoms with Crippen LogP contribution >= 0.6 is 0 Å². The Morgan fingerprint density at radius 2 is 1.72 bits per heavy atom. The number of benzene rings is 2. The molecule has 1 fully saturated rings. The fourth-order valence-corrected chi connectivity index (χ4v) is 3.12. The maximum Gasteiger partial charge on any atom is 0.265 e. The van der Waals surface area contributed by atoms with Gasteiger partial charge in [-0.25, -0.2) is 0 Å². The zero-order chi connectivity index (χ0) is 20.6. The van der Waals surface area contributed by atoms with Gasteiger partial charge in [0.1, 0.15) is 0 Å². The standard InChI is InChI=1S/C22H26N2O5/c1-3-18(29-20-11-7-6-10-19(20)27-2)21(25)23-17-9-5-4-8-16(17)22(26)24-12-14-28-15-13-24/h4-11,18H,3,12-15H2,1-2H3,(H,23,25)/t18-/m1/s1. The van der Waals surface area contributed by atoms with Crippen LogP contribution in [0.15, 0.2) is 48.5 Å². The number of ether oxygens (including phenoxy) is 3. The number of para-hydroxylation sites is 3. The van der Waals surface area contributed by atoms with Gasteiger partial charge in [-0.15, -0.1) is 0 Å². The molecule has 1 aliphatic heterocycles. The number of anilines is 1. The molecule has 0 aromatic heterocycles. The molecule has 0 saturated carbocycles. The van der Waals surface area contributed by atoms with Crippen molar-refractivity contribution in [1.29, 1.82) is 0 Å². The highest BCUT2D eigenvalue weighted by Gasteiger charge is 2.24. The zero-order valence-electron chi connectivity index (χ0n) is 16.7. The quantitative estimate of drug-likeness (QED) is 0.776. The Kier molecular flexibility index (Phi) is 7.08. The van der Waals surface area contributed by atoms with Gasteiger partial charge in [0.25, 0.3) is 11.8 Å². The highest BCUT2D eigenvalue weighted by Crippen LogP contribution is 2.28. The maximum atomic E-state index is 12.9. The zero-order valence-corrected chi connectivity index (χ0v) is 16.7. The Labute approximate surface area is 170 Å². The highest BCUT2D eigenvalue weighted by atomic mass is 16.5. The van der Waals surface area contributed by atoms with Crippen LogP contribution in [0, 0.1) is 0 Å². The normalized spacial score (nSPS) is 14.8. The molecule has 0 unspecified atom stereocenters. The monoisotopic (exact) mass is 398 g/mol. The van der Waals surface area contributed by atoms with Gasteiger partial charge < -0.3 is 24.4 Å². The lowest BCUT2D eigenvalue weighted by Crippen LogP contribution is -2.41. The smallest absolute Gasteiger partial charge is 0.265 e. The molecule has 7 heteroatoms. The van der Waals surface area contributed by atoms with Crippen molar-refractivity contribution in [3.8, 4) is 11.5 Å². The summed E-state index contributed by atoms with van der Waals surface area (Å²) in [5.74, 6) is 0.611. The fraction of sp³-hybridized carbons (Fsp3) is 0.364. The first-order valence-electron chi connectivity index (χ1n) is 9.70. The van der Waals surface area contributed by atoms with Gasteiger partial charge in [0.05, 0.1) is 31.6 Å². The second-order valence-corrected chi connectivity index (χ2v) is 6.61. The van der Waals surface area contributed by atoms with Crippen LogP contribution in [0.3, 0.4) is 0 Å². The summed E-state index contributed by atoms with van der Waals surface area (Å²) in [6, 6.07) is 14.2. The number of amides is 2. The number of nitrogens with zero attached hydrogens (tertiary/aromatic N) is 1. The first-order chi connectivity index (χ1) is 14.1. The second-order valence-electron chi connectivity index (χ2n) is 6.61. The predicted molar refractivity (Wildman–Crippen MR) is 109 cm³/mol. The van der Waals surface area contributed by atoms with E-state index in [-0.39, 0.29) is 11.8 Å². The van der Waals surface area contributed by atoms with Gasteiger partial charge in [0, 0.05) is 13.1 Å². The number of morpholine rings is 1. The van der Waals surface area contributed by atoms with E-state index >= 15 is 0 Å². The molecule has 1 heterocycles. The highest BCUT2D eigenvalue weighted by molar-refractivity contribution is 6.04. The van der Waals surface area contributed by atoms with Crippen molar-refractivity contribution in [1.82, 2.24) is 4.90 Å². The number of methoxy groups -OCH3 is 1. The summed E-state index contributed by atoms with van der Waals surface area (Å²) in [4.78, 5) is 27.5. The molecule has 154 valence electrons. The van der Waals surface area contributed by atoms with Crippen molar-refractivity contribution in [3.63, 3.8) is 0 Å². The van der Waals surface area contributed by atoms with Crippen LogP contribution in [0.4, 0.5) is 5.69 Å². The van der Waals surface area contributed by atoms with Crippen LogP contribution < -0.4 is 14.8 Å². The third-order valence-corrected chi connectivity index (χ3v) is 4.72. The van der Waals surface area contributed by atoms with Gasteiger partial charge >= 0.3 is 0 Å². The van der Waals surface area contributed by atoms with Crippen molar-refractivity contribution >= 4 is 17.5 Å². The summed E-state index contributed by atoms with van der Waals surface area (Å²) in [5, 5.41) is 2.86. The van der Waals surface area contributed by atoms with Gasteiger partial charge in [-0.05, 0) is 30.7 Å². The molecule has 1 atom stereocenters. The molecule has 0 spiro atoms. The van der Waals surface area contributed by atoms with Gasteiger partial charge in [0.2, 0.25) is 0 Å². The number of carbonyl (C=O) groups is 2. The largest absolute Gasteiger partial charge is 0.493 e. The maximum absolute atomic E-state index is 12.9. The first kappa shape index (κ1) is 20.7. The van der Waals surface area contributed by atoms with Crippen molar-refractivity contribution in [2.45, 2.75) is 19.4 Å². The summed E-state index contributed by atoms with van der Waals surface area (Å²) in [6.07, 6.45) is -0.262. The molecule has 2 amide bonds. The second kappa shape index (κ2) is 9.93. The Morgan fingerprint density at radius 1 is 1.07 bits per heavy atom. The molecule has 29 heavy (non-hydrogen) atoms. The van der Waals surface area contributed by atoms with E-state index in [0.29, 0.717) is 55.5 Å². The number of carbonyl (C=O) groups excluding carboxylic acids is 2. The summed E-state index contributed by atoms with van der Waals surface area (Å²) in [6.45, 7) is 3.98. The molecule has 0 radical (unpaired) electrons. The number of hydrogen-bond acceptors (Lipinski definition) is 5. The Hall–Kier alpha value is -3.06. The molecule has 2 aromatic rings. The van der Waals surface area contributed by atoms with E-state index in [1.54, 1.807) is 48.4 Å². The van der Waals surface area contributed by atoms with E-state index < -0.39 is 6.10 Å². The van der Waals surface area contributed by atoms with Crippen LogP contribution in [0.1, 0.15) is 23.7 Å². The lowest BCUT2D eigenvalue weighted by Gasteiger charge is -2.27. The molecular weight excluding hydrogens is 372 g/mol. The van der Waals surface area contributed by atoms with Crippen LogP contribution in [-0.4, -0.2) is 56.2 Å². The van der Waals surface area contributed by atoms with Crippen LogP contribution in [-0.2, 0) is 9.53 Å². The molecule has 1 N–H and O–H groups in total. The predicted octanol–water partition coefficient (Wildman–Crippen LogP) is 2.96. The Morgan fingerprint density at radius 3 is 2.41 bits per heavy atom. The summed E-state index contributed by atoms with van der Waals surface area (Å²) >= 11 is 0. The van der Waals surface area contributed by atoms with Crippen LogP contribution in [0.2, 0.25) is 0 Å². The molecular formula is C22H26N2O5. The van der Waals surface area contributed by atoms with E-state index in [2.05, 4.69) is 5.32 Å². The summed E-state index contributed by atoms with van der Waals surface area (Å²) in [7, 11) is 1.55. The topological polar surface area (TPSA) is 77.1 Å². The molecule has 3 rings (SSSR count). The molecule has 0 bridgehead atoms. The third kappa shape index (κ3) is 5.06. The Balaban J connectivity index is 1.74. The van der Waals surface area contributed by atoms with Gasteiger partial charge in [-0.2, -0.15) is 0 Å². The van der Waals surface area contributed by atoms with E-state index in [1.165, 1.54) is 0 Å². The minimum atomic E-state index is -0.724. The van der Waals surface area contributed by atoms with Crippen molar-refractivity contribution in [2.75, 3.05) is 38.7 Å². The van der Waals surface area contributed by atoms with E-state index in [9.17, 15) is 9.59 Å². The first-order valence-corrected chi connectivity index (χ1v) is 9.70. The average Bonchev–Trinajstić information content (AvgIpc) is 2.78. The Bertz CT molecular complexity index is 849. The molecule has 0 aliphatic carbocycles. The van der Waals surface area contributed by atoms with E-state index in [0.717, 1.165) is 0 Å². The summed E-state index contributed by atoms with van der Waals surface area (Å²) < 4.78 is 16.5. The lowest BCUT2D eigenvalue weighted by atomic mass is 10.1. The summed E-state index contributed by atoms with van der Waals surface area (Å²) in [5.41, 5.74) is 0.922. The third-order valence-electron chi connectivity index (χ3n) is 4.72. The minimum Gasteiger partial charge on any atom is -0.493 e. The SMILES string of the molecule is CC[C@@H](Oc1ccccc1OC)C(=O)Nc1ccccc1C(=O)N1CCOCC1. The fourth-order valence-electron chi connectivity index (χ4n) is 3.12. The van der Waals surface area contributed by atoms with E-state index in [4.69, 9.17) is 14.2 Å². The number of nitrogens with one attached hydrogen (secondary N) is 1. The van der Waals surface area contributed by atoms with Crippen molar-refractivity contribution in [2.24, 2.45) is 0 Å². The minimum absolute atomic E-state index is 0.122. The molecule has 2 aromatic carbocycles. The van der Waals surface area contributed by atoms with Gasteiger partial charge in [-0.1, -0.05) is 31.2 Å².